The molecule has 0 unspecified atom stereocenters. The highest BCUT2D eigenvalue weighted by molar-refractivity contribution is 5.68. The van der Waals surface area contributed by atoms with Crippen LogP contribution in [0.15, 0.2) is 0 Å². The molecule has 9 N–H and O–H groups in total. The number of alkyl carbamates (subject to hydrolysis) is 1. The molecule has 0 radical (unpaired) electrons. The minimum atomic E-state index is -2.38. The fraction of sp³-hybridized carbons (Fsp3) is 0.923. The molecule has 2 aliphatic rings. The molecule has 0 spiro atoms. The van der Waals surface area contributed by atoms with Crippen LogP contribution in [0.1, 0.15) is 0 Å². The molecule has 26 heavy (non-hydrogen) atoms. The van der Waals surface area contributed by atoms with Crippen molar-refractivity contribution in [3.63, 3.8) is 0 Å². The molecule has 13 heteroatoms. The van der Waals surface area contributed by atoms with Crippen LogP contribution in [-0.4, -0.2) is 122 Å². The number of ether oxygens (including phenoxy) is 3. The van der Waals surface area contributed by atoms with Gasteiger partial charge < -0.3 is 55.1 Å². The van der Waals surface area contributed by atoms with Gasteiger partial charge in [0.15, 0.2) is 12.3 Å². The van der Waals surface area contributed by atoms with Gasteiger partial charge in [-0.1, -0.05) is 0 Å². The minimum Gasteiger partial charge on any atom is -0.411 e. The Hall–Kier alpha value is -1.13. The third-order valence-corrected chi connectivity index (χ3v) is 4.32. The lowest BCUT2D eigenvalue weighted by atomic mass is 9.98. The van der Waals surface area contributed by atoms with Crippen LogP contribution in [0.4, 0.5) is 4.79 Å². The second kappa shape index (κ2) is 8.26. The van der Waals surface area contributed by atoms with E-state index in [-0.39, 0.29) is 0 Å². The van der Waals surface area contributed by atoms with Gasteiger partial charge in [0.25, 0.3) is 5.79 Å². The lowest BCUT2D eigenvalue weighted by Crippen LogP contribution is -2.64. The second-order valence-corrected chi connectivity index (χ2v) is 6.03. The average Bonchev–Trinajstić information content (AvgIpc) is 2.87. The van der Waals surface area contributed by atoms with Crippen LogP contribution in [0.25, 0.3) is 0 Å². The van der Waals surface area contributed by atoms with Crippen molar-refractivity contribution in [1.29, 1.82) is 0 Å². The first kappa shape index (κ1) is 21.2. The predicted octanol–water partition coefficient (Wildman–Crippen LogP) is -5.69. The molecule has 2 heterocycles. The van der Waals surface area contributed by atoms with Crippen LogP contribution in [0, 0.1) is 0 Å². The van der Waals surface area contributed by atoms with E-state index in [1.807, 2.05) is 5.32 Å². The van der Waals surface area contributed by atoms with Crippen LogP contribution in [0.5, 0.6) is 0 Å². The number of hydrogen-bond donors (Lipinski definition) is 9. The van der Waals surface area contributed by atoms with Gasteiger partial charge in [-0.3, -0.25) is 5.32 Å². The van der Waals surface area contributed by atoms with Crippen molar-refractivity contribution >= 4 is 6.09 Å². The number of nitrogens with one attached hydrogen (secondary N) is 1. The number of amides is 1. The first-order valence-electron chi connectivity index (χ1n) is 7.76. The maximum atomic E-state index is 12.0. The summed E-state index contributed by atoms with van der Waals surface area (Å²) in [5.74, 6) is -2.38. The summed E-state index contributed by atoms with van der Waals surface area (Å²) in [7, 11) is 0. The monoisotopic (exact) mass is 385 g/mol. The lowest BCUT2D eigenvalue weighted by molar-refractivity contribution is -0.254. The molecular weight excluding hydrogens is 362 g/mol. The highest BCUT2D eigenvalue weighted by Gasteiger charge is 2.57. The van der Waals surface area contributed by atoms with Crippen LogP contribution in [0.3, 0.4) is 0 Å². The Morgan fingerprint density at radius 2 is 1.54 bits per heavy atom. The summed E-state index contributed by atoms with van der Waals surface area (Å²) < 4.78 is 14.9. The number of rotatable bonds is 5. The van der Waals surface area contributed by atoms with Crippen molar-refractivity contribution in [3.05, 3.63) is 0 Å². The van der Waals surface area contributed by atoms with E-state index in [0.29, 0.717) is 0 Å². The SMILES string of the molecule is O=C(N[C@H]1O[C@H](CO)[C@@H](O)[C@H](O)[C@H]1O)O[C@@]1(CO)O[C@H](CO)[C@@H](O)[C@@H]1O. The molecule has 0 bridgehead atoms. The standard InChI is InChI=1S/C13H23NO12/c15-1-4-6(18)8(20)9(21)11(24-4)14-12(23)26-13(3-17)10(22)7(19)5(2-16)25-13/h4-11,15-22H,1-3H2,(H,14,23)/t4-,5-,6-,7-,8+,9-,10+,11+,13-/m1/s1. The van der Waals surface area contributed by atoms with Gasteiger partial charge in [0.1, 0.15) is 43.2 Å². The summed E-state index contributed by atoms with van der Waals surface area (Å²) in [5.41, 5.74) is 0. The number of aliphatic hydroxyl groups excluding tert-OH is 8. The third-order valence-electron chi connectivity index (χ3n) is 4.32. The summed E-state index contributed by atoms with van der Waals surface area (Å²) in [6, 6.07) is 0. The number of carbonyl (C=O) groups excluding carboxylic acids is 1. The van der Waals surface area contributed by atoms with Crippen LogP contribution >= 0.6 is 0 Å². The van der Waals surface area contributed by atoms with Crippen LogP contribution in [0.2, 0.25) is 0 Å². The molecule has 9 atom stereocenters. The van der Waals surface area contributed by atoms with Gasteiger partial charge in [-0.25, -0.2) is 4.79 Å². The molecule has 2 rings (SSSR count). The first-order valence-corrected chi connectivity index (χ1v) is 7.76. The molecule has 0 saturated carbocycles. The maximum Gasteiger partial charge on any atom is 0.411 e. The van der Waals surface area contributed by atoms with Crippen molar-refractivity contribution in [2.45, 2.75) is 54.7 Å². The van der Waals surface area contributed by atoms with Crippen molar-refractivity contribution < 1.29 is 59.9 Å². The summed E-state index contributed by atoms with van der Waals surface area (Å²) in [6.07, 6.45) is -14.3. The van der Waals surface area contributed by atoms with Crippen molar-refractivity contribution in [1.82, 2.24) is 5.32 Å². The fourth-order valence-corrected chi connectivity index (χ4v) is 2.78. The zero-order valence-electron chi connectivity index (χ0n) is 13.5. The van der Waals surface area contributed by atoms with E-state index in [9.17, 15) is 35.4 Å². The molecule has 13 nitrogen and oxygen atoms in total. The normalized spacial score (nSPS) is 46.2. The summed E-state index contributed by atoms with van der Waals surface area (Å²) in [4.78, 5) is 12.0. The summed E-state index contributed by atoms with van der Waals surface area (Å²) >= 11 is 0. The van der Waals surface area contributed by atoms with Gasteiger partial charge in [0, 0.05) is 0 Å². The maximum absolute atomic E-state index is 12.0. The topological polar surface area (TPSA) is 219 Å². The van der Waals surface area contributed by atoms with Crippen LogP contribution < -0.4 is 5.32 Å². The molecule has 1 amide bonds. The molecule has 152 valence electrons. The Balaban J connectivity index is 2.05. The van der Waals surface area contributed by atoms with E-state index in [2.05, 4.69) is 0 Å². The molecule has 0 aromatic carbocycles. The molecule has 0 aliphatic carbocycles. The zero-order valence-corrected chi connectivity index (χ0v) is 13.5. The Labute approximate surface area is 147 Å². The van der Waals surface area contributed by atoms with Crippen LogP contribution in [-0.2, 0) is 14.2 Å². The van der Waals surface area contributed by atoms with E-state index in [1.165, 1.54) is 0 Å². The highest BCUT2D eigenvalue weighted by atomic mass is 16.8. The Bertz CT molecular complexity index is 492. The van der Waals surface area contributed by atoms with E-state index >= 15 is 0 Å². The largest absolute Gasteiger partial charge is 0.411 e. The minimum absolute atomic E-state index is 0.717. The Morgan fingerprint density at radius 1 is 0.923 bits per heavy atom. The number of aliphatic hydroxyl groups is 8. The molecular formula is C13H23NO12. The predicted molar refractivity (Wildman–Crippen MR) is 77.2 cm³/mol. The van der Waals surface area contributed by atoms with Gasteiger partial charge in [-0.05, 0) is 0 Å². The molecule has 2 aliphatic heterocycles. The summed E-state index contributed by atoms with van der Waals surface area (Å²) in [6.45, 7) is -2.51. The smallest absolute Gasteiger partial charge is 0.411 e. The first-order chi connectivity index (χ1) is 12.2. The Kier molecular flexibility index (Phi) is 6.73. The van der Waals surface area contributed by atoms with Gasteiger partial charge >= 0.3 is 6.09 Å². The number of carbonyl (C=O) groups is 1. The van der Waals surface area contributed by atoms with E-state index in [0.717, 1.165) is 0 Å². The van der Waals surface area contributed by atoms with Crippen molar-refractivity contribution in [2.75, 3.05) is 19.8 Å². The summed E-state index contributed by atoms with van der Waals surface area (Å²) in [5, 5.41) is 78.3. The second-order valence-electron chi connectivity index (χ2n) is 6.03. The zero-order chi connectivity index (χ0) is 19.6. The third kappa shape index (κ3) is 3.77. The van der Waals surface area contributed by atoms with Gasteiger partial charge in [0.2, 0.25) is 0 Å². The van der Waals surface area contributed by atoms with E-state index in [1.54, 1.807) is 0 Å². The number of hydrogen-bond acceptors (Lipinski definition) is 12. The van der Waals surface area contributed by atoms with Crippen molar-refractivity contribution in [3.8, 4) is 0 Å². The fourth-order valence-electron chi connectivity index (χ4n) is 2.78. The lowest BCUT2D eigenvalue weighted by Gasteiger charge is -2.40. The molecule has 0 aromatic heterocycles. The van der Waals surface area contributed by atoms with Gasteiger partial charge in [-0.15, -0.1) is 0 Å². The Morgan fingerprint density at radius 3 is 2.04 bits per heavy atom. The average molecular weight is 385 g/mol. The van der Waals surface area contributed by atoms with Gasteiger partial charge in [-0.2, -0.15) is 0 Å². The van der Waals surface area contributed by atoms with Gasteiger partial charge in [0.05, 0.1) is 13.2 Å². The molecule has 2 saturated heterocycles. The molecule has 0 aromatic rings. The van der Waals surface area contributed by atoms with E-state index < -0.39 is 80.7 Å². The van der Waals surface area contributed by atoms with Crippen molar-refractivity contribution in [2.24, 2.45) is 0 Å². The molecule has 2 fully saturated rings. The highest BCUT2D eigenvalue weighted by Crippen LogP contribution is 2.32. The quantitative estimate of drug-likeness (QED) is 0.216. The van der Waals surface area contributed by atoms with E-state index in [4.69, 9.17) is 24.4 Å².